The topological polar surface area (TPSA) is 22.2 Å². The summed E-state index contributed by atoms with van der Waals surface area (Å²) in [5.74, 6) is 0. The zero-order valence-electron chi connectivity index (χ0n) is 20.9. The number of nitrogens with zero attached hydrogens (tertiary/aromatic N) is 3. The van der Waals surface area contributed by atoms with Crippen molar-refractivity contribution in [3.8, 4) is 16.9 Å². The van der Waals surface area contributed by atoms with E-state index in [9.17, 15) is 0 Å². The van der Waals surface area contributed by atoms with Gasteiger partial charge >= 0.3 is 0 Å². The quantitative estimate of drug-likeness (QED) is 0.225. The fraction of sp³-hybridized carbons (Fsp3) is 0. The van der Waals surface area contributed by atoms with Crippen molar-refractivity contribution in [2.75, 3.05) is 0 Å². The number of para-hydroxylation sites is 1. The van der Waals surface area contributed by atoms with Crippen LogP contribution in [0.1, 0.15) is 0 Å². The zero-order valence-corrected chi connectivity index (χ0v) is 21.7. The van der Waals surface area contributed by atoms with E-state index in [1.165, 1.54) is 52.8 Å². The Morgan fingerprint density at radius 2 is 1.36 bits per heavy atom. The third-order valence-corrected chi connectivity index (χ3v) is 9.03. The van der Waals surface area contributed by atoms with E-state index in [4.69, 9.17) is 5.10 Å². The molecule has 0 aliphatic rings. The standard InChI is InChI=1S/C35H21N3S/c1-2-9-24-21-37-26(16-22(24)8-1)18-31(36-37)23-10-7-11-25(17-23)38-32-14-5-3-12-27(32)29-20-35-30(19-33(29)38)28-13-4-6-15-34(28)39-35/h1-21H. The summed E-state index contributed by atoms with van der Waals surface area (Å²) in [7, 11) is 0. The van der Waals surface area contributed by atoms with Crippen LogP contribution in [0, 0.1) is 0 Å². The largest absolute Gasteiger partial charge is 0.309 e. The van der Waals surface area contributed by atoms with E-state index < -0.39 is 0 Å². The number of pyridine rings is 1. The van der Waals surface area contributed by atoms with Crippen LogP contribution in [0.4, 0.5) is 0 Å². The van der Waals surface area contributed by atoms with Gasteiger partial charge in [-0.3, -0.25) is 0 Å². The molecule has 39 heavy (non-hydrogen) atoms. The molecule has 4 heteroatoms. The van der Waals surface area contributed by atoms with Crippen LogP contribution in [-0.4, -0.2) is 14.2 Å². The molecule has 0 bridgehead atoms. The van der Waals surface area contributed by atoms with Crippen LogP contribution in [0.5, 0.6) is 0 Å². The lowest BCUT2D eigenvalue weighted by molar-refractivity contribution is 0.974. The Bertz CT molecular complexity index is 2350. The third kappa shape index (κ3) is 3.06. The first-order chi connectivity index (χ1) is 19.3. The van der Waals surface area contributed by atoms with Gasteiger partial charge < -0.3 is 4.57 Å². The Balaban J connectivity index is 1.29. The summed E-state index contributed by atoms with van der Waals surface area (Å²) < 4.78 is 7.06. The molecule has 0 unspecified atom stereocenters. The van der Waals surface area contributed by atoms with Crippen molar-refractivity contribution in [3.63, 3.8) is 0 Å². The molecule has 9 aromatic rings. The number of hydrogen-bond acceptors (Lipinski definition) is 2. The summed E-state index contributed by atoms with van der Waals surface area (Å²) in [6.45, 7) is 0. The molecule has 5 aromatic carbocycles. The number of aromatic nitrogens is 3. The predicted octanol–water partition coefficient (Wildman–Crippen LogP) is 9.62. The van der Waals surface area contributed by atoms with Gasteiger partial charge in [0.1, 0.15) is 0 Å². The summed E-state index contributed by atoms with van der Waals surface area (Å²) in [4.78, 5) is 0. The SMILES string of the molecule is c1cc(-c2cc3cc4ccccc4cn3n2)cc(-n2c3ccccc3c3cc4sc5ccccc5c4cc32)c1. The van der Waals surface area contributed by atoms with Crippen LogP contribution in [-0.2, 0) is 0 Å². The van der Waals surface area contributed by atoms with Crippen molar-refractivity contribution in [3.05, 3.63) is 128 Å². The lowest BCUT2D eigenvalue weighted by atomic mass is 10.1. The minimum Gasteiger partial charge on any atom is -0.309 e. The van der Waals surface area contributed by atoms with Gasteiger partial charge in [0.2, 0.25) is 0 Å². The van der Waals surface area contributed by atoms with Gasteiger partial charge in [-0.1, -0.05) is 72.8 Å². The molecule has 0 atom stereocenters. The molecule has 4 aromatic heterocycles. The van der Waals surface area contributed by atoms with Crippen molar-refractivity contribution < 1.29 is 0 Å². The van der Waals surface area contributed by atoms with Crippen molar-refractivity contribution in [1.29, 1.82) is 0 Å². The summed E-state index contributed by atoms with van der Waals surface area (Å²) in [5, 5.41) is 12.6. The second-order valence-electron chi connectivity index (χ2n) is 10.2. The lowest BCUT2D eigenvalue weighted by Gasteiger charge is -2.09. The molecule has 4 heterocycles. The Morgan fingerprint density at radius 3 is 2.31 bits per heavy atom. The third-order valence-electron chi connectivity index (χ3n) is 7.90. The first kappa shape index (κ1) is 21.1. The smallest absolute Gasteiger partial charge is 0.0934 e. The minimum absolute atomic E-state index is 0.971. The average molecular weight is 516 g/mol. The highest BCUT2D eigenvalue weighted by Crippen LogP contribution is 2.40. The highest BCUT2D eigenvalue weighted by Gasteiger charge is 2.16. The van der Waals surface area contributed by atoms with Gasteiger partial charge in [-0.2, -0.15) is 5.10 Å². The second kappa shape index (κ2) is 7.79. The number of thiophene rings is 1. The first-order valence-corrected chi connectivity index (χ1v) is 14.0. The van der Waals surface area contributed by atoms with E-state index >= 15 is 0 Å². The molecule has 0 amide bonds. The van der Waals surface area contributed by atoms with Gasteiger partial charge in [-0.15, -0.1) is 11.3 Å². The molecule has 9 rings (SSSR count). The predicted molar refractivity (Wildman–Crippen MR) is 165 cm³/mol. The maximum atomic E-state index is 4.96. The molecule has 3 nitrogen and oxygen atoms in total. The van der Waals surface area contributed by atoms with E-state index in [0.717, 1.165) is 22.5 Å². The molecule has 0 aliphatic heterocycles. The maximum absolute atomic E-state index is 4.96. The van der Waals surface area contributed by atoms with Crippen LogP contribution < -0.4 is 0 Å². The fourth-order valence-electron chi connectivity index (χ4n) is 6.08. The molecule has 0 saturated heterocycles. The number of fused-ring (bicyclic) bond motifs is 8. The van der Waals surface area contributed by atoms with Crippen LogP contribution in [0.3, 0.4) is 0 Å². The molecule has 182 valence electrons. The molecule has 0 saturated carbocycles. The highest BCUT2D eigenvalue weighted by molar-refractivity contribution is 7.25. The second-order valence-corrected chi connectivity index (χ2v) is 11.3. The number of rotatable bonds is 2. The van der Waals surface area contributed by atoms with Gasteiger partial charge in [0, 0.05) is 53.8 Å². The first-order valence-electron chi connectivity index (χ1n) is 13.1. The Labute approximate surface area is 227 Å². The number of hydrogen-bond donors (Lipinski definition) is 0. The van der Waals surface area contributed by atoms with E-state index in [1.807, 2.05) is 15.9 Å². The van der Waals surface area contributed by atoms with Crippen molar-refractivity contribution >= 4 is 69.6 Å². The van der Waals surface area contributed by atoms with Crippen LogP contribution in [0.25, 0.3) is 75.2 Å². The van der Waals surface area contributed by atoms with Crippen molar-refractivity contribution in [1.82, 2.24) is 14.2 Å². The lowest BCUT2D eigenvalue weighted by Crippen LogP contribution is -1.94. The van der Waals surface area contributed by atoms with Crippen molar-refractivity contribution in [2.24, 2.45) is 0 Å². The van der Waals surface area contributed by atoms with E-state index in [-0.39, 0.29) is 0 Å². The van der Waals surface area contributed by atoms with Crippen molar-refractivity contribution in [2.45, 2.75) is 0 Å². The minimum atomic E-state index is 0.971. The number of benzene rings is 5. The molecule has 0 aliphatic carbocycles. The van der Waals surface area contributed by atoms with E-state index in [2.05, 4.69) is 132 Å². The van der Waals surface area contributed by atoms with Crippen LogP contribution in [0.2, 0.25) is 0 Å². The molecule has 0 N–H and O–H groups in total. The van der Waals surface area contributed by atoms with Gasteiger partial charge in [0.15, 0.2) is 0 Å². The van der Waals surface area contributed by atoms with Crippen LogP contribution >= 0.6 is 11.3 Å². The van der Waals surface area contributed by atoms with Gasteiger partial charge in [-0.05, 0) is 53.9 Å². The summed E-state index contributed by atoms with van der Waals surface area (Å²) in [6.07, 6.45) is 2.11. The van der Waals surface area contributed by atoms with Crippen LogP contribution in [0.15, 0.2) is 128 Å². The Hall–Kier alpha value is -4.93. The zero-order chi connectivity index (χ0) is 25.5. The summed E-state index contributed by atoms with van der Waals surface area (Å²) in [6, 6.07) is 43.8. The van der Waals surface area contributed by atoms with E-state index in [0.29, 0.717) is 0 Å². The Kier molecular flexibility index (Phi) is 4.21. The normalized spacial score (nSPS) is 12.1. The van der Waals surface area contributed by atoms with Gasteiger partial charge in [0.25, 0.3) is 0 Å². The molecular formula is C35H21N3S. The van der Waals surface area contributed by atoms with Gasteiger partial charge in [0.05, 0.1) is 22.2 Å². The highest BCUT2D eigenvalue weighted by atomic mass is 32.1. The Morgan fingerprint density at radius 1 is 0.538 bits per heavy atom. The molecule has 0 fully saturated rings. The fourth-order valence-corrected chi connectivity index (χ4v) is 7.21. The summed E-state index contributed by atoms with van der Waals surface area (Å²) in [5.41, 5.74) is 6.75. The van der Waals surface area contributed by atoms with E-state index in [1.54, 1.807) is 0 Å². The molecular weight excluding hydrogens is 494 g/mol. The van der Waals surface area contributed by atoms with Gasteiger partial charge in [-0.25, -0.2) is 4.52 Å². The molecule has 0 spiro atoms. The molecule has 0 radical (unpaired) electrons. The average Bonchev–Trinajstić information content (AvgIpc) is 3.66. The summed E-state index contributed by atoms with van der Waals surface area (Å²) >= 11 is 1.87. The maximum Gasteiger partial charge on any atom is 0.0934 e. The monoisotopic (exact) mass is 515 g/mol.